The molecular weight excluding hydrogens is 357 g/mol. The maximum Gasteiger partial charge on any atom is 0.416 e. The Morgan fingerprint density at radius 3 is 2.52 bits per heavy atom. The number of carbonyl (C=O) groups excluding carboxylic acids is 2. The van der Waals surface area contributed by atoms with Crippen LogP contribution in [0.4, 0.5) is 24.5 Å². The summed E-state index contributed by atoms with van der Waals surface area (Å²) in [5, 5.41) is 2.77. The lowest BCUT2D eigenvalue weighted by Crippen LogP contribution is -2.28. The summed E-state index contributed by atoms with van der Waals surface area (Å²) in [6.45, 7) is 2.08. The average molecular weight is 376 g/mol. The van der Waals surface area contributed by atoms with Gasteiger partial charge in [0, 0.05) is 24.3 Å². The fourth-order valence-corrected chi connectivity index (χ4v) is 3.05. The Labute approximate surface area is 155 Å². The topological polar surface area (TPSA) is 49.4 Å². The van der Waals surface area contributed by atoms with Crippen molar-refractivity contribution in [2.45, 2.75) is 25.9 Å². The van der Waals surface area contributed by atoms with Gasteiger partial charge in [-0.15, -0.1) is 0 Å². The van der Waals surface area contributed by atoms with E-state index in [4.69, 9.17) is 0 Å². The van der Waals surface area contributed by atoms with Gasteiger partial charge in [0.05, 0.1) is 11.5 Å². The number of alkyl halides is 3. The van der Waals surface area contributed by atoms with Crippen molar-refractivity contribution in [2.24, 2.45) is 5.92 Å². The Morgan fingerprint density at radius 1 is 1.19 bits per heavy atom. The van der Waals surface area contributed by atoms with Crippen LogP contribution in [0.2, 0.25) is 0 Å². The molecule has 2 amide bonds. The summed E-state index contributed by atoms with van der Waals surface area (Å²) >= 11 is 0. The number of rotatable bonds is 4. The second kappa shape index (κ2) is 7.42. The van der Waals surface area contributed by atoms with E-state index in [1.165, 1.54) is 17.0 Å². The van der Waals surface area contributed by atoms with Crippen LogP contribution in [0, 0.1) is 5.92 Å². The molecule has 1 saturated heterocycles. The quantitative estimate of drug-likeness (QED) is 0.867. The number of carbonyl (C=O) groups is 2. The van der Waals surface area contributed by atoms with Crippen molar-refractivity contribution in [3.05, 3.63) is 59.7 Å². The molecule has 0 aliphatic carbocycles. The van der Waals surface area contributed by atoms with Gasteiger partial charge in [-0.2, -0.15) is 13.2 Å². The molecule has 1 fully saturated rings. The zero-order valence-corrected chi connectivity index (χ0v) is 14.7. The third-order valence-corrected chi connectivity index (χ3v) is 4.61. The van der Waals surface area contributed by atoms with Gasteiger partial charge in [0.2, 0.25) is 11.8 Å². The standard InChI is InChI=1S/C20H19F3N2O2/c1-2-13-6-8-16(9-7-13)24-19(27)14-10-18(26)25(12-14)17-5-3-4-15(11-17)20(21,22)23/h3-9,11,14H,2,10,12H2,1H3,(H,24,27)/t14-/m1/s1. The normalized spacial score (nSPS) is 17.3. The minimum absolute atomic E-state index is 0.0326. The van der Waals surface area contributed by atoms with Crippen molar-refractivity contribution in [3.8, 4) is 0 Å². The summed E-state index contributed by atoms with van der Waals surface area (Å²) in [5.41, 5.74) is 1.09. The number of hydrogen-bond donors (Lipinski definition) is 1. The number of nitrogens with zero attached hydrogens (tertiary/aromatic N) is 1. The van der Waals surface area contributed by atoms with Crippen molar-refractivity contribution in [3.63, 3.8) is 0 Å². The predicted molar refractivity (Wildman–Crippen MR) is 96.4 cm³/mol. The maximum absolute atomic E-state index is 12.9. The molecule has 3 rings (SSSR count). The molecular formula is C20H19F3N2O2. The SMILES string of the molecule is CCc1ccc(NC(=O)[C@@H]2CC(=O)N(c3cccc(C(F)(F)F)c3)C2)cc1. The summed E-state index contributed by atoms with van der Waals surface area (Å²) in [6, 6.07) is 12.0. The fourth-order valence-electron chi connectivity index (χ4n) is 3.05. The number of halogens is 3. The van der Waals surface area contributed by atoms with Crippen LogP contribution in [-0.4, -0.2) is 18.4 Å². The van der Waals surface area contributed by atoms with Crippen LogP contribution >= 0.6 is 0 Å². The van der Waals surface area contributed by atoms with E-state index >= 15 is 0 Å². The lowest BCUT2D eigenvalue weighted by atomic mass is 10.1. The van der Waals surface area contributed by atoms with Crippen molar-refractivity contribution in [1.29, 1.82) is 0 Å². The highest BCUT2D eigenvalue weighted by atomic mass is 19.4. The fraction of sp³-hybridized carbons (Fsp3) is 0.300. The number of anilines is 2. The van der Waals surface area contributed by atoms with Crippen LogP contribution in [0.5, 0.6) is 0 Å². The summed E-state index contributed by atoms with van der Waals surface area (Å²) in [6.07, 6.45) is -3.63. The third kappa shape index (κ3) is 4.30. The van der Waals surface area contributed by atoms with Gasteiger partial charge in [0.25, 0.3) is 0 Å². The molecule has 2 aromatic rings. The smallest absolute Gasteiger partial charge is 0.326 e. The van der Waals surface area contributed by atoms with Crippen molar-refractivity contribution in [2.75, 3.05) is 16.8 Å². The van der Waals surface area contributed by atoms with E-state index in [0.717, 1.165) is 24.1 Å². The van der Waals surface area contributed by atoms with Crippen LogP contribution in [0.25, 0.3) is 0 Å². The molecule has 0 unspecified atom stereocenters. The van der Waals surface area contributed by atoms with Crippen LogP contribution in [0.1, 0.15) is 24.5 Å². The van der Waals surface area contributed by atoms with E-state index in [1.807, 2.05) is 19.1 Å². The molecule has 1 N–H and O–H groups in total. The molecule has 0 radical (unpaired) electrons. The Bertz CT molecular complexity index is 847. The van der Waals surface area contributed by atoms with Gasteiger partial charge in [0.1, 0.15) is 0 Å². The lowest BCUT2D eigenvalue weighted by Gasteiger charge is -2.18. The zero-order chi connectivity index (χ0) is 19.6. The highest BCUT2D eigenvalue weighted by molar-refractivity contribution is 6.03. The molecule has 0 aromatic heterocycles. The van der Waals surface area contributed by atoms with Crippen LogP contribution < -0.4 is 10.2 Å². The summed E-state index contributed by atoms with van der Waals surface area (Å²) in [4.78, 5) is 25.9. The first-order valence-electron chi connectivity index (χ1n) is 8.65. The first-order chi connectivity index (χ1) is 12.8. The number of nitrogens with one attached hydrogen (secondary N) is 1. The molecule has 0 spiro atoms. The van der Waals surface area contributed by atoms with Crippen molar-refractivity contribution < 1.29 is 22.8 Å². The lowest BCUT2D eigenvalue weighted by molar-refractivity contribution is -0.137. The van der Waals surface area contributed by atoms with Gasteiger partial charge in [-0.1, -0.05) is 25.1 Å². The number of amides is 2. The molecule has 0 bridgehead atoms. The highest BCUT2D eigenvalue weighted by Crippen LogP contribution is 2.33. The molecule has 1 heterocycles. The zero-order valence-electron chi connectivity index (χ0n) is 14.7. The molecule has 1 atom stereocenters. The second-order valence-corrected chi connectivity index (χ2v) is 6.49. The molecule has 1 aliphatic rings. The summed E-state index contributed by atoms with van der Waals surface area (Å²) < 4.78 is 38.7. The molecule has 2 aromatic carbocycles. The Hall–Kier alpha value is -2.83. The van der Waals surface area contributed by atoms with E-state index in [2.05, 4.69) is 5.32 Å². The van der Waals surface area contributed by atoms with Crippen LogP contribution in [0.3, 0.4) is 0 Å². The van der Waals surface area contributed by atoms with E-state index < -0.39 is 17.7 Å². The maximum atomic E-state index is 12.9. The Kier molecular flexibility index (Phi) is 5.21. The number of benzene rings is 2. The van der Waals surface area contributed by atoms with Gasteiger partial charge >= 0.3 is 6.18 Å². The molecule has 0 saturated carbocycles. The second-order valence-electron chi connectivity index (χ2n) is 6.49. The van der Waals surface area contributed by atoms with Gasteiger partial charge in [0.15, 0.2) is 0 Å². The number of hydrogen-bond acceptors (Lipinski definition) is 2. The van der Waals surface area contributed by atoms with Crippen molar-refractivity contribution >= 4 is 23.2 Å². The van der Waals surface area contributed by atoms with E-state index in [9.17, 15) is 22.8 Å². The van der Waals surface area contributed by atoms with Gasteiger partial charge in [-0.05, 0) is 42.3 Å². The van der Waals surface area contributed by atoms with Gasteiger partial charge in [-0.3, -0.25) is 9.59 Å². The van der Waals surface area contributed by atoms with Crippen LogP contribution in [0.15, 0.2) is 48.5 Å². The largest absolute Gasteiger partial charge is 0.416 e. The van der Waals surface area contributed by atoms with Crippen molar-refractivity contribution in [1.82, 2.24) is 0 Å². The van der Waals surface area contributed by atoms with E-state index in [0.29, 0.717) is 5.69 Å². The summed E-state index contributed by atoms with van der Waals surface area (Å²) in [7, 11) is 0. The predicted octanol–water partition coefficient (Wildman–Crippen LogP) is 4.26. The molecule has 7 heteroatoms. The molecule has 1 aliphatic heterocycles. The summed E-state index contributed by atoms with van der Waals surface area (Å²) in [5.74, 6) is -1.30. The molecule has 27 heavy (non-hydrogen) atoms. The average Bonchev–Trinajstić information content (AvgIpc) is 3.04. The van der Waals surface area contributed by atoms with Gasteiger partial charge in [-0.25, -0.2) is 0 Å². The minimum Gasteiger partial charge on any atom is -0.326 e. The van der Waals surface area contributed by atoms with Crippen LogP contribution in [-0.2, 0) is 22.2 Å². The first-order valence-corrected chi connectivity index (χ1v) is 8.65. The Balaban J connectivity index is 1.70. The molecule has 4 nitrogen and oxygen atoms in total. The first kappa shape index (κ1) is 18.9. The molecule has 142 valence electrons. The Morgan fingerprint density at radius 2 is 1.89 bits per heavy atom. The van der Waals surface area contributed by atoms with E-state index in [1.54, 1.807) is 12.1 Å². The van der Waals surface area contributed by atoms with E-state index in [-0.39, 0.29) is 30.5 Å². The number of aryl methyl sites for hydroxylation is 1. The highest BCUT2D eigenvalue weighted by Gasteiger charge is 2.36. The van der Waals surface area contributed by atoms with Gasteiger partial charge < -0.3 is 10.2 Å². The third-order valence-electron chi connectivity index (χ3n) is 4.61. The monoisotopic (exact) mass is 376 g/mol. The minimum atomic E-state index is -4.49.